The van der Waals surface area contributed by atoms with Crippen molar-refractivity contribution in [3.05, 3.63) is 128 Å². The molecule has 0 radical (unpaired) electrons. The van der Waals surface area contributed by atoms with Gasteiger partial charge in [-0.2, -0.15) is 13.2 Å². The molecule has 0 aliphatic carbocycles. The van der Waals surface area contributed by atoms with Crippen molar-refractivity contribution in [2.75, 3.05) is 32.7 Å². The highest BCUT2D eigenvalue weighted by atomic mass is 35.5. The van der Waals surface area contributed by atoms with E-state index in [4.69, 9.17) is 11.6 Å². The Morgan fingerprint density at radius 2 is 1.60 bits per heavy atom. The number of halogens is 4. The molecule has 1 fully saturated rings. The summed E-state index contributed by atoms with van der Waals surface area (Å²) in [6.45, 7) is 4.76. The highest BCUT2D eigenvalue weighted by molar-refractivity contribution is 7.09. The zero-order valence-electron chi connectivity index (χ0n) is 23.5. The number of carbonyl (C=O) groups excluding carboxylic acids is 1. The maximum Gasteiger partial charge on any atom is 0.416 e. The van der Waals surface area contributed by atoms with E-state index >= 15 is 0 Å². The SMILES string of the molecule is O=C(c1csc(CN(Cc2cccc(Cl)c2)Cc2cccc(C(F)(F)F)c2)n1)N1CCN(CC=Cc2ccccc2)CC1. The molecule has 0 bridgehead atoms. The first kappa shape index (κ1) is 30.9. The van der Waals surface area contributed by atoms with Crippen LogP contribution in [0.1, 0.15) is 37.7 Å². The minimum absolute atomic E-state index is 0.0961. The third kappa shape index (κ3) is 9.00. The van der Waals surface area contributed by atoms with Crippen LogP contribution in [0.4, 0.5) is 13.2 Å². The number of aromatic nitrogens is 1. The summed E-state index contributed by atoms with van der Waals surface area (Å²) in [7, 11) is 0. The highest BCUT2D eigenvalue weighted by Gasteiger charge is 2.30. The van der Waals surface area contributed by atoms with Crippen molar-refractivity contribution in [2.24, 2.45) is 0 Å². The van der Waals surface area contributed by atoms with Crippen LogP contribution < -0.4 is 0 Å². The lowest BCUT2D eigenvalue weighted by molar-refractivity contribution is -0.137. The number of hydrogen-bond donors (Lipinski definition) is 0. The standard InChI is InChI=1S/C33H32ClF3N4OS/c34-29-13-5-10-27(20-29)22-40(21-26-9-4-12-28(19-26)33(35,36)37)23-31-38-30(24-43-31)32(42)41-17-15-39(16-18-41)14-6-11-25-7-2-1-3-8-25/h1-13,19-20,24H,14-18,21-23H2. The van der Waals surface area contributed by atoms with Gasteiger partial charge in [0.1, 0.15) is 10.7 Å². The molecule has 0 saturated carbocycles. The molecular weight excluding hydrogens is 593 g/mol. The highest BCUT2D eigenvalue weighted by Crippen LogP contribution is 2.30. The van der Waals surface area contributed by atoms with E-state index < -0.39 is 11.7 Å². The first-order valence-corrected chi connectivity index (χ1v) is 15.3. The molecule has 4 aromatic rings. The molecule has 1 aliphatic heterocycles. The number of benzene rings is 3. The number of amides is 1. The van der Waals surface area contributed by atoms with Gasteiger partial charge in [-0.1, -0.05) is 84.4 Å². The molecule has 43 heavy (non-hydrogen) atoms. The third-order valence-corrected chi connectivity index (χ3v) is 8.29. The van der Waals surface area contributed by atoms with E-state index in [-0.39, 0.29) is 12.5 Å². The predicted molar refractivity (Wildman–Crippen MR) is 166 cm³/mol. The first-order chi connectivity index (χ1) is 20.7. The molecule has 5 rings (SSSR count). The van der Waals surface area contributed by atoms with E-state index in [9.17, 15) is 18.0 Å². The van der Waals surface area contributed by atoms with Gasteiger partial charge >= 0.3 is 6.18 Å². The van der Waals surface area contributed by atoms with Crippen LogP contribution in [-0.2, 0) is 25.8 Å². The van der Waals surface area contributed by atoms with E-state index in [1.807, 2.05) is 46.2 Å². The van der Waals surface area contributed by atoms with Crippen LogP contribution in [0.2, 0.25) is 5.02 Å². The largest absolute Gasteiger partial charge is 0.416 e. The summed E-state index contributed by atoms with van der Waals surface area (Å²) >= 11 is 7.57. The molecular formula is C33H32ClF3N4OS. The molecule has 0 unspecified atom stereocenters. The first-order valence-electron chi connectivity index (χ1n) is 14.0. The summed E-state index contributed by atoms with van der Waals surface area (Å²) in [6.07, 6.45) is -0.159. The smallest absolute Gasteiger partial charge is 0.335 e. The van der Waals surface area contributed by atoms with Gasteiger partial charge in [-0.3, -0.25) is 14.6 Å². The van der Waals surface area contributed by atoms with Crippen molar-refractivity contribution in [1.29, 1.82) is 0 Å². The van der Waals surface area contributed by atoms with Crippen LogP contribution in [0.3, 0.4) is 0 Å². The van der Waals surface area contributed by atoms with Gasteiger partial charge in [-0.05, 0) is 34.9 Å². The lowest BCUT2D eigenvalue weighted by Gasteiger charge is -2.33. The van der Waals surface area contributed by atoms with E-state index in [0.29, 0.717) is 42.5 Å². The van der Waals surface area contributed by atoms with E-state index in [1.165, 1.54) is 23.5 Å². The number of alkyl halides is 3. The molecule has 1 aliphatic rings. The molecule has 10 heteroatoms. The van der Waals surface area contributed by atoms with Gasteiger partial charge in [0.2, 0.25) is 0 Å². The Labute approximate surface area is 258 Å². The van der Waals surface area contributed by atoms with Crippen molar-refractivity contribution in [1.82, 2.24) is 19.7 Å². The fourth-order valence-corrected chi connectivity index (χ4v) is 6.06. The maximum absolute atomic E-state index is 13.3. The van der Waals surface area contributed by atoms with Crippen molar-refractivity contribution in [3.63, 3.8) is 0 Å². The predicted octanol–water partition coefficient (Wildman–Crippen LogP) is 7.49. The molecule has 3 aromatic carbocycles. The summed E-state index contributed by atoms with van der Waals surface area (Å²) in [5.41, 5.74) is 2.36. The summed E-state index contributed by atoms with van der Waals surface area (Å²) in [6, 6.07) is 22.9. The summed E-state index contributed by atoms with van der Waals surface area (Å²) in [5, 5.41) is 3.09. The van der Waals surface area contributed by atoms with Crippen LogP contribution in [0.25, 0.3) is 6.08 Å². The number of thiazole rings is 1. The Hall–Kier alpha value is -3.50. The number of nitrogens with zero attached hydrogens (tertiary/aromatic N) is 4. The van der Waals surface area contributed by atoms with Crippen molar-refractivity contribution in [2.45, 2.75) is 25.8 Å². The number of carbonyl (C=O) groups is 1. The van der Waals surface area contributed by atoms with Gasteiger partial charge in [0.05, 0.1) is 12.1 Å². The second-order valence-corrected chi connectivity index (χ2v) is 11.9. The van der Waals surface area contributed by atoms with Gasteiger partial charge in [0, 0.05) is 56.2 Å². The van der Waals surface area contributed by atoms with Crippen LogP contribution in [0.15, 0.2) is 90.3 Å². The van der Waals surface area contributed by atoms with Gasteiger partial charge in [-0.25, -0.2) is 4.98 Å². The van der Waals surface area contributed by atoms with Gasteiger partial charge in [0.15, 0.2) is 0 Å². The Balaban J connectivity index is 1.21. The van der Waals surface area contributed by atoms with Crippen molar-refractivity contribution < 1.29 is 18.0 Å². The topological polar surface area (TPSA) is 39.7 Å². The molecule has 0 atom stereocenters. The molecule has 1 aromatic heterocycles. The molecule has 224 valence electrons. The van der Waals surface area contributed by atoms with E-state index in [2.05, 4.69) is 34.2 Å². The Morgan fingerprint density at radius 1 is 0.907 bits per heavy atom. The molecule has 1 saturated heterocycles. The number of hydrogen-bond acceptors (Lipinski definition) is 5. The van der Waals surface area contributed by atoms with E-state index in [0.717, 1.165) is 41.8 Å². The average Bonchev–Trinajstić information content (AvgIpc) is 3.46. The van der Waals surface area contributed by atoms with Gasteiger partial charge < -0.3 is 4.90 Å². The second kappa shape index (κ2) is 14.3. The fourth-order valence-electron chi connectivity index (χ4n) is 5.04. The average molecular weight is 625 g/mol. The molecule has 2 heterocycles. The van der Waals surface area contributed by atoms with Crippen molar-refractivity contribution >= 4 is 34.9 Å². The zero-order valence-corrected chi connectivity index (χ0v) is 25.1. The lowest BCUT2D eigenvalue weighted by atomic mass is 10.1. The number of rotatable bonds is 10. The Bertz CT molecular complexity index is 1530. The van der Waals surface area contributed by atoms with Crippen LogP contribution in [0, 0.1) is 0 Å². The van der Waals surface area contributed by atoms with E-state index in [1.54, 1.807) is 17.5 Å². The molecule has 0 N–H and O–H groups in total. The fraction of sp³-hybridized carbons (Fsp3) is 0.273. The van der Waals surface area contributed by atoms with Crippen LogP contribution in [-0.4, -0.2) is 58.3 Å². The Morgan fingerprint density at radius 3 is 2.30 bits per heavy atom. The van der Waals surface area contributed by atoms with Crippen LogP contribution in [0.5, 0.6) is 0 Å². The van der Waals surface area contributed by atoms with Crippen molar-refractivity contribution in [3.8, 4) is 0 Å². The minimum atomic E-state index is -4.41. The molecule has 1 amide bonds. The normalized spacial score (nSPS) is 14.6. The monoisotopic (exact) mass is 624 g/mol. The number of piperazine rings is 1. The summed E-state index contributed by atoms with van der Waals surface area (Å²) in [4.78, 5) is 24.1. The quantitative estimate of drug-likeness (QED) is 0.183. The Kier molecular flexibility index (Phi) is 10.3. The third-order valence-electron chi connectivity index (χ3n) is 7.22. The second-order valence-electron chi connectivity index (χ2n) is 10.5. The van der Waals surface area contributed by atoms with Gasteiger partial charge in [0.25, 0.3) is 5.91 Å². The summed E-state index contributed by atoms with van der Waals surface area (Å²) < 4.78 is 40.0. The van der Waals surface area contributed by atoms with Crippen LogP contribution >= 0.6 is 22.9 Å². The zero-order chi connectivity index (χ0) is 30.2. The molecule has 0 spiro atoms. The maximum atomic E-state index is 13.3. The van der Waals surface area contributed by atoms with Gasteiger partial charge in [-0.15, -0.1) is 11.3 Å². The summed E-state index contributed by atoms with van der Waals surface area (Å²) in [5.74, 6) is -0.0961. The minimum Gasteiger partial charge on any atom is -0.335 e. The molecule has 5 nitrogen and oxygen atoms in total. The lowest BCUT2D eigenvalue weighted by Crippen LogP contribution is -2.48.